The van der Waals surface area contributed by atoms with Crippen molar-refractivity contribution in [3.63, 3.8) is 0 Å². The number of carbonyl (C=O) groups is 1. The number of hydrogen-bond acceptors (Lipinski definition) is 4. The van der Waals surface area contributed by atoms with Gasteiger partial charge in [0.1, 0.15) is 0 Å². The third kappa shape index (κ3) is 4.71. The summed E-state index contributed by atoms with van der Waals surface area (Å²) >= 11 is 3.20. The summed E-state index contributed by atoms with van der Waals surface area (Å²) in [5, 5.41) is 9.13. The lowest BCUT2D eigenvalue weighted by Gasteiger charge is -2.25. The Kier molecular flexibility index (Phi) is 6.68. The third-order valence-corrected chi connectivity index (χ3v) is 3.58. The molecule has 0 spiro atoms. The Hall–Kier alpha value is -1.07. The zero-order chi connectivity index (χ0) is 16.0. The molecule has 118 valence electrons. The molecule has 0 aliphatic heterocycles. The third-order valence-electron chi connectivity index (χ3n) is 3.07. The smallest absolute Gasteiger partial charge is 0.173 e. The molecule has 5 heteroatoms. The van der Waals surface area contributed by atoms with Crippen molar-refractivity contribution in [2.24, 2.45) is 0 Å². The molecule has 0 aliphatic carbocycles. The van der Waals surface area contributed by atoms with Crippen LogP contribution in [0.15, 0.2) is 12.1 Å². The van der Waals surface area contributed by atoms with E-state index in [1.54, 1.807) is 13.2 Å². The van der Waals surface area contributed by atoms with Gasteiger partial charge in [0.05, 0.1) is 19.0 Å². The number of ether oxygens (including phenoxy) is 2. The van der Waals surface area contributed by atoms with Crippen LogP contribution in [0, 0.1) is 0 Å². The highest BCUT2D eigenvalue weighted by molar-refractivity contribution is 9.09. The molecule has 0 saturated heterocycles. The molecule has 0 heterocycles. The fraction of sp³-hybridized carbons (Fsp3) is 0.562. The monoisotopic (exact) mass is 358 g/mol. The van der Waals surface area contributed by atoms with Crippen molar-refractivity contribution in [2.75, 3.05) is 25.7 Å². The first-order valence-electron chi connectivity index (χ1n) is 6.90. The number of ketones is 1. The summed E-state index contributed by atoms with van der Waals surface area (Å²) in [7, 11) is 1.59. The van der Waals surface area contributed by atoms with E-state index >= 15 is 0 Å². The molecule has 4 nitrogen and oxygen atoms in total. The summed E-state index contributed by atoms with van der Waals surface area (Å²) in [6.45, 7) is 6.62. The van der Waals surface area contributed by atoms with E-state index in [9.17, 15) is 4.79 Å². The molecule has 0 atom stereocenters. The number of rotatable bonds is 7. The SMILES string of the molecule is COc1c(OCCCO)cc(C(=O)CBr)cc1C(C)(C)C. The second-order valence-corrected chi connectivity index (χ2v) is 6.35. The van der Waals surface area contributed by atoms with E-state index in [0.717, 1.165) is 5.56 Å². The number of hydrogen-bond donors (Lipinski definition) is 1. The highest BCUT2D eigenvalue weighted by Crippen LogP contribution is 2.40. The van der Waals surface area contributed by atoms with E-state index in [-0.39, 0.29) is 23.1 Å². The average Bonchev–Trinajstić information content (AvgIpc) is 2.44. The Morgan fingerprint density at radius 3 is 2.48 bits per heavy atom. The predicted octanol–water partition coefficient (Wildman–Crippen LogP) is 3.33. The second kappa shape index (κ2) is 7.80. The summed E-state index contributed by atoms with van der Waals surface area (Å²) < 4.78 is 11.2. The molecule has 0 aromatic heterocycles. The van der Waals surface area contributed by atoms with Crippen LogP contribution in [-0.2, 0) is 5.41 Å². The Morgan fingerprint density at radius 1 is 1.33 bits per heavy atom. The van der Waals surface area contributed by atoms with Crippen molar-refractivity contribution in [1.82, 2.24) is 0 Å². The van der Waals surface area contributed by atoms with Gasteiger partial charge in [0.15, 0.2) is 17.3 Å². The van der Waals surface area contributed by atoms with Crippen molar-refractivity contribution in [1.29, 1.82) is 0 Å². The molecule has 0 aliphatic rings. The molecule has 1 aromatic rings. The van der Waals surface area contributed by atoms with Gasteiger partial charge in [0.2, 0.25) is 0 Å². The highest BCUT2D eigenvalue weighted by Gasteiger charge is 2.24. The Labute approximate surface area is 134 Å². The van der Waals surface area contributed by atoms with Gasteiger partial charge in [-0.3, -0.25) is 4.79 Å². The van der Waals surface area contributed by atoms with Crippen LogP contribution in [0.2, 0.25) is 0 Å². The fourth-order valence-corrected chi connectivity index (χ4v) is 2.29. The van der Waals surface area contributed by atoms with Crippen LogP contribution in [-0.4, -0.2) is 36.5 Å². The van der Waals surface area contributed by atoms with Gasteiger partial charge in [-0.1, -0.05) is 36.7 Å². The maximum Gasteiger partial charge on any atom is 0.173 e. The van der Waals surface area contributed by atoms with E-state index in [2.05, 4.69) is 36.7 Å². The topological polar surface area (TPSA) is 55.8 Å². The molecule has 1 rings (SSSR count). The maximum atomic E-state index is 12.0. The number of carbonyl (C=O) groups excluding carboxylic acids is 1. The van der Waals surface area contributed by atoms with Crippen LogP contribution in [0.1, 0.15) is 43.1 Å². The number of alkyl halides is 1. The van der Waals surface area contributed by atoms with Crippen LogP contribution >= 0.6 is 15.9 Å². The molecule has 21 heavy (non-hydrogen) atoms. The van der Waals surface area contributed by atoms with Gasteiger partial charge in [-0.05, 0) is 17.5 Å². The first-order valence-corrected chi connectivity index (χ1v) is 8.02. The molecule has 0 bridgehead atoms. The van der Waals surface area contributed by atoms with Crippen LogP contribution in [0.4, 0.5) is 0 Å². The molecule has 1 aromatic carbocycles. The Balaban J connectivity index is 3.34. The number of Topliss-reactive ketones (excluding diaryl/α,β-unsaturated/α-hetero) is 1. The van der Waals surface area contributed by atoms with E-state index < -0.39 is 0 Å². The zero-order valence-corrected chi connectivity index (χ0v) is 14.6. The molecule has 0 unspecified atom stereocenters. The summed E-state index contributed by atoms with van der Waals surface area (Å²) in [5.74, 6) is 1.18. The minimum atomic E-state index is -0.178. The minimum Gasteiger partial charge on any atom is -0.493 e. The summed E-state index contributed by atoms with van der Waals surface area (Å²) in [5.41, 5.74) is 1.34. The van der Waals surface area contributed by atoms with Crippen LogP contribution in [0.5, 0.6) is 11.5 Å². The lowest BCUT2D eigenvalue weighted by Crippen LogP contribution is -2.16. The van der Waals surface area contributed by atoms with Gasteiger partial charge >= 0.3 is 0 Å². The first kappa shape index (κ1) is 18.0. The average molecular weight is 359 g/mol. The van der Waals surface area contributed by atoms with Crippen molar-refractivity contribution < 1.29 is 19.4 Å². The van der Waals surface area contributed by atoms with Gasteiger partial charge in [0, 0.05) is 24.2 Å². The Bertz CT molecular complexity index is 492. The summed E-state index contributed by atoms with van der Waals surface area (Å²) in [4.78, 5) is 12.0. The molecule has 0 radical (unpaired) electrons. The lowest BCUT2D eigenvalue weighted by atomic mass is 9.84. The molecular formula is C16H23BrO4. The lowest BCUT2D eigenvalue weighted by molar-refractivity contribution is 0.102. The summed E-state index contributed by atoms with van der Waals surface area (Å²) in [6, 6.07) is 3.57. The van der Waals surface area contributed by atoms with Crippen molar-refractivity contribution in [2.45, 2.75) is 32.6 Å². The van der Waals surface area contributed by atoms with Gasteiger partial charge in [0.25, 0.3) is 0 Å². The predicted molar refractivity (Wildman–Crippen MR) is 87.0 cm³/mol. The zero-order valence-electron chi connectivity index (χ0n) is 13.0. The van der Waals surface area contributed by atoms with Gasteiger partial charge < -0.3 is 14.6 Å². The minimum absolute atomic E-state index is 0.00448. The van der Waals surface area contributed by atoms with E-state index in [4.69, 9.17) is 14.6 Å². The largest absolute Gasteiger partial charge is 0.493 e. The van der Waals surface area contributed by atoms with Crippen molar-refractivity contribution in [3.05, 3.63) is 23.3 Å². The van der Waals surface area contributed by atoms with Crippen LogP contribution in [0.3, 0.4) is 0 Å². The number of aliphatic hydroxyl groups excluding tert-OH is 1. The normalized spacial score (nSPS) is 11.3. The standard InChI is InChI=1S/C16H23BrO4/c1-16(2,3)12-8-11(13(19)10-17)9-14(15(12)20-4)21-7-5-6-18/h8-9,18H,5-7,10H2,1-4H3. The van der Waals surface area contributed by atoms with Crippen LogP contribution in [0.25, 0.3) is 0 Å². The Morgan fingerprint density at radius 2 is 2.00 bits per heavy atom. The number of halogens is 1. The summed E-state index contributed by atoms with van der Waals surface area (Å²) in [6.07, 6.45) is 0.532. The number of benzene rings is 1. The molecule has 0 fully saturated rings. The van der Waals surface area contributed by atoms with Crippen molar-refractivity contribution in [3.8, 4) is 11.5 Å². The maximum absolute atomic E-state index is 12.0. The van der Waals surface area contributed by atoms with Gasteiger partial charge in [-0.15, -0.1) is 0 Å². The fourth-order valence-electron chi connectivity index (χ4n) is 1.96. The van der Waals surface area contributed by atoms with Crippen molar-refractivity contribution >= 4 is 21.7 Å². The van der Waals surface area contributed by atoms with E-state index in [0.29, 0.717) is 30.1 Å². The number of methoxy groups -OCH3 is 1. The molecular weight excluding hydrogens is 336 g/mol. The van der Waals surface area contributed by atoms with Gasteiger partial charge in [-0.2, -0.15) is 0 Å². The second-order valence-electron chi connectivity index (χ2n) is 5.79. The van der Waals surface area contributed by atoms with E-state index in [1.807, 2.05) is 6.07 Å². The molecule has 0 saturated carbocycles. The number of aliphatic hydroxyl groups is 1. The molecule has 1 N–H and O–H groups in total. The quantitative estimate of drug-likeness (QED) is 0.461. The first-order chi connectivity index (χ1) is 9.85. The molecule has 0 amide bonds. The highest BCUT2D eigenvalue weighted by atomic mass is 79.9. The van der Waals surface area contributed by atoms with Gasteiger partial charge in [-0.25, -0.2) is 0 Å². The van der Waals surface area contributed by atoms with E-state index in [1.165, 1.54) is 0 Å². The van der Waals surface area contributed by atoms with Crippen LogP contribution < -0.4 is 9.47 Å².